The highest BCUT2D eigenvalue weighted by atomic mass is 19.3. The van der Waals surface area contributed by atoms with Crippen molar-refractivity contribution >= 4 is 5.82 Å². The van der Waals surface area contributed by atoms with Gasteiger partial charge >= 0.3 is 5.82 Å². The number of alkyl halides is 2. The molecule has 1 rings (SSSR count). The number of rotatable bonds is 3. The number of aryl methyl sites for hydroxylation is 1. The summed E-state index contributed by atoms with van der Waals surface area (Å²) in [5.41, 5.74) is 0.354. The van der Waals surface area contributed by atoms with Crippen molar-refractivity contribution in [2.45, 2.75) is 19.9 Å². The third-order valence-electron chi connectivity index (χ3n) is 1.47. The summed E-state index contributed by atoms with van der Waals surface area (Å²) in [6.07, 6.45) is -2.56. The van der Waals surface area contributed by atoms with Crippen molar-refractivity contribution in [3.8, 4) is 0 Å². The maximum atomic E-state index is 11.9. The molecule has 7 heteroatoms. The lowest BCUT2D eigenvalue weighted by Gasteiger charge is -1.96. The van der Waals surface area contributed by atoms with Crippen LogP contribution in [0.5, 0.6) is 0 Å². The second-order valence-corrected chi connectivity index (χ2v) is 2.47. The molecule has 0 atom stereocenters. The number of hydrogen-bond donors (Lipinski definition) is 0. The Hall–Kier alpha value is -1.53. The molecule has 0 amide bonds. The predicted molar refractivity (Wildman–Crippen MR) is 39.6 cm³/mol. The standard InChI is InChI=1S/C6H7F2N3O2/c1-4-2-6(11(12)13)9-10(4)3-5(7)8/h2,5H,3H2,1H3. The maximum absolute atomic E-state index is 11.9. The molecule has 0 bridgehead atoms. The summed E-state index contributed by atoms with van der Waals surface area (Å²) in [6.45, 7) is 0.877. The Balaban J connectivity index is 2.90. The van der Waals surface area contributed by atoms with Crippen LogP contribution in [-0.4, -0.2) is 21.1 Å². The van der Waals surface area contributed by atoms with Gasteiger partial charge < -0.3 is 10.1 Å². The summed E-state index contributed by atoms with van der Waals surface area (Å²) >= 11 is 0. The van der Waals surface area contributed by atoms with E-state index in [0.717, 1.165) is 10.7 Å². The summed E-state index contributed by atoms with van der Waals surface area (Å²) in [5, 5.41) is 13.6. The average Bonchev–Trinajstić information content (AvgIpc) is 2.31. The molecule has 0 unspecified atom stereocenters. The highest BCUT2D eigenvalue weighted by molar-refractivity contribution is 5.20. The average molecular weight is 191 g/mol. The van der Waals surface area contributed by atoms with Crippen LogP contribution >= 0.6 is 0 Å². The number of nitro groups is 1. The van der Waals surface area contributed by atoms with Crippen molar-refractivity contribution in [2.24, 2.45) is 0 Å². The van der Waals surface area contributed by atoms with E-state index in [1.165, 1.54) is 6.92 Å². The Morgan fingerprint density at radius 1 is 1.77 bits per heavy atom. The third kappa shape index (κ3) is 2.20. The zero-order valence-electron chi connectivity index (χ0n) is 6.78. The number of halogens is 2. The highest BCUT2D eigenvalue weighted by Gasteiger charge is 2.17. The Kier molecular flexibility index (Phi) is 2.54. The zero-order valence-corrected chi connectivity index (χ0v) is 6.78. The number of nitrogens with zero attached hydrogens (tertiary/aromatic N) is 3. The van der Waals surface area contributed by atoms with Gasteiger partial charge in [-0.3, -0.25) is 0 Å². The summed E-state index contributed by atoms with van der Waals surface area (Å²) < 4.78 is 24.7. The van der Waals surface area contributed by atoms with Crippen LogP contribution in [0.25, 0.3) is 0 Å². The fraction of sp³-hybridized carbons (Fsp3) is 0.500. The van der Waals surface area contributed by atoms with Gasteiger partial charge in [0.2, 0.25) is 0 Å². The van der Waals surface area contributed by atoms with Crippen LogP contribution < -0.4 is 0 Å². The lowest BCUT2D eigenvalue weighted by Crippen LogP contribution is -2.09. The normalized spacial score (nSPS) is 10.8. The van der Waals surface area contributed by atoms with Crippen LogP contribution in [0.2, 0.25) is 0 Å². The summed E-state index contributed by atoms with van der Waals surface area (Å²) in [6, 6.07) is 1.16. The monoisotopic (exact) mass is 191 g/mol. The fourth-order valence-electron chi connectivity index (χ4n) is 0.898. The Labute approximate surface area is 72.1 Å². The van der Waals surface area contributed by atoms with Gasteiger partial charge in [0.05, 0.1) is 16.9 Å². The van der Waals surface area contributed by atoms with Gasteiger partial charge in [-0.1, -0.05) is 0 Å². The molecule has 0 fully saturated rings. The molecule has 1 aromatic heterocycles. The smallest absolute Gasteiger partial charge is 0.358 e. The Bertz CT molecular complexity index is 324. The molecule has 72 valence electrons. The lowest BCUT2D eigenvalue weighted by molar-refractivity contribution is -0.389. The van der Waals surface area contributed by atoms with E-state index in [-0.39, 0.29) is 0 Å². The second kappa shape index (κ2) is 3.46. The van der Waals surface area contributed by atoms with Crippen LogP contribution in [-0.2, 0) is 6.54 Å². The van der Waals surface area contributed by atoms with Gasteiger partial charge in [-0.2, -0.15) is 4.68 Å². The predicted octanol–water partition coefficient (Wildman–Crippen LogP) is 1.36. The molecule has 0 saturated heterocycles. The minimum atomic E-state index is -2.56. The van der Waals surface area contributed by atoms with Gasteiger partial charge in [-0.05, 0) is 11.8 Å². The van der Waals surface area contributed by atoms with Crippen LogP contribution in [0.4, 0.5) is 14.6 Å². The van der Waals surface area contributed by atoms with E-state index in [9.17, 15) is 18.9 Å². The largest absolute Gasteiger partial charge is 0.390 e. The molecule has 0 aliphatic rings. The molecule has 13 heavy (non-hydrogen) atoms. The molecular formula is C6H7F2N3O2. The van der Waals surface area contributed by atoms with E-state index in [4.69, 9.17) is 0 Å². The topological polar surface area (TPSA) is 61.0 Å². The van der Waals surface area contributed by atoms with Crippen molar-refractivity contribution in [1.29, 1.82) is 0 Å². The molecule has 0 N–H and O–H groups in total. The van der Waals surface area contributed by atoms with Crippen LogP contribution in [0.3, 0.4) is 0 Å². The van der Waals surface area contributed by atoms with Crippen molar-refractivity contribution in [3.05, 3.63) is 21.9 Å². The van der Waals surface area contributed by atoms with E-state index in [1.807, 2.05) is 0 Å². The molecule has 0 aliphatic heterocycles. The molecule has 0 radical (unpaired) electrons. The highest BCUT2D eigenvalue weighted by Crippen LogP contribution is 2.11. The summed E-state index contributed by atoms with van der Waals surface area (Å²) in [7, 11) is 0. The van der Waals surface area contributed by atoms with Crippen molar-refractivity contribution in [2.75, 3.05) is 0 Å². The van der Waals surface area contributed by atoms with E-state index in [2.05, 4.69) is 5.10 Å². The zero-order chi connectivity index (χ0) is 10.0. The van der Waals surface area contributed by atoms with Gasteiger partial charge in [-0.25, -0.2) is 8.78 Å². The van der Waals surface area contributed by atoms with E-state index < -0.39 is 23.7 Å². The third-order valence-corrected chi connectivity index (χ3v) is 1.47. The number of hydrogen-bond acceptors (Lipinski definition) is 3. The first kappa shape index (κ1) is 9.56. The Morgan fingerprint density at radius 3 is 2.77 bits per heavy atom. The molecule has 1 aromatic rings. The molecule has 0 spiro atoms. The minimum absolute atomic E-state index is 0.354. The molecule has 0 saturated carbocycles. The van der Waals surface area contributed by atoms with E-state index >= 15 is 0 Å². The summed E-state index contributed by atoms with van der Waals surface area (Å²) in [4.78, 5) is 9.48. The minimum Gasteiger partial charge on any atom is -0.358 e. The first-order valence-electron chi connectivity index (χ1n) is 3.47. The molecular weight excluding hydrogens is 184 g/mol. The molecule has 0 aliphatic carbocycles. The molecule has 5 nitrogen and oxygen atoms in total. The first-order valence-corrected chi connectivity index (χ1v) is 3.47. The lowest BCUT2D eigenvalue weighted by atomic mass is 10.4. The van der Waals surface area contributed by atoms with E-state index in [0.29, 0.717) is 5.69 Å². The SMILES string of the molecule is Cc1cc([N+](=O)[O-])nn1CC(F)F. The Morgan fingerprint density at radius 2 is 2.38 bits per heavy atom. The van der Waals surface area contributed by atoms with Gasteiger partial charge in [0, 0.05) is 0 Å². The van der Waals surface area contributed by atoms with E-state index in [1.54, 1.807) is 0 Å². The van der Waals surface area contributed by atoms with Crippen molar-refractivity contribution in [3.63, 3.8) is 0 Å². The number of aromatic nitrogens is 2. The van der Waals surface area contributed by atoms with Crippen molar-refractivity contribution in [1.82, 2.24) is 9.78 Å². The summed E-state index contributed by atoms with van der Waals surface area (Å²) in [5.74, 6) is -0.404. The van der Waals surface area contributed by atoms with Gasteiger partial charge in [0.25, 0.3) is 6.43 Å². The molecule has 1 heterocycles. The maximum Gasteiger partial charge on any atom is 0.390 e. The second-order valence-electron chi connectivity index (χ2n) is 2.47. The van der Waals surface area contributed by atoms with Gasteiger partial charge in [0.15, 0.2) is 0 Å². The quantitative estimate of drug-likeness (QED) is 0.535. The van der Waals surface area contributed by atoms with Crippen LogP contribution in [0.15, 0.2) is 6.07 Å². The van der Waals surface area contributed by atoms with Crippen molar-refractivity contribution < 1.29 is 13.7 Å². The first-order chi connectivity index (χ1) is 6.00. The fourth-order valence-corrected chi connectivity index (χ4v) is 0.898. The van der Waals surface area contributed by atoms with Crippen LogP contribution in [0, 0.1) is 17.0 Å². The molecule has 0 aromatic carbocycles. The van der Waals surface area contributed by atoms with Crippen LogP contribution in [0.1, 0.15) is 5.69 Å². The van der Waals surface area contributed by atoms with Gasteiger partial charge in [0.1, 0.15) is 6.54 Å². The van der Waals surface area contributed by atoms with Gasteiger partial charge in [-0.15, -0.1) is 0 Å².